The van der Waals surface area contributed by atoms with Crippen molar-refractivity contribution in [3.63, 3.8) is 0 Å². The van der Waals surface area contributed by atoms with Crippen LogP contribution in [0.2, 0.25) is 0 Å². The van der Waals surface area contributed by atoms with Crippen LogP contribution in [0.3, 0.4) is 0 Å². The smallest absolute Gasteiger partial charge is 0.305 e. The number of allylic oxidation sites excluding steroid dienone is 1. The fraction of sp³-hybridized carbons (Fsp3) is 0.583. The second-order valence-corrected chi connectivity index (χ2v) is 3.77. The number of aliphatic carboxylic acids is 1. The number of unbranched alkanes of at least 4 members (excludes halogenated alkanes) is 1. The number of ketones is 1. The molecule has 0 aliphatic heterocycles. The SMILES string of the molecule is C=C(C)C(=O)CCOC(=O)CCCCC(=O)O. The molecule has 0 saturated carbocycles. The minimum atomic E-state index is -0.870. The van der Waals surface area contributed by atoms with Gasteiger partial charge in [0.1, 0.15) is 0 Å². The fourth-order valence-electron chi connectivity index (χ4n) is 1.09. The van der Waals surface area contributed by atoms with Gasteiger partial charge in [-0.2, -0.15) is 0 Å². The molecule has 1 N–H and O–H groups in total. The summed E-state index contributed by atoms with van der Waals surface area (Å²) in [6, 6.07) is 0. The molecule has 0 amide bonds. The molecular weight excluding hydrogens is 224 g/mol. The highest BCUT2D eigenvalue weighted by Gasteiger charge is 2.06. The van der Waals surface area contributed by atoms with Gasteiger partial charge in [-0.3, -0.25) is 14.4 Å². The van der Waals surface area contributed by atoms with Crippen molar-refractivity contribution in [2.45, 2.75) is 39.0 Å². The van der Waals surface area contributed by atoms with Crippen molar-refractivity contribution in [2.75, 3.05) is 6.61 Å². The quantitative estimate of drug-likeness (QED) is 0.378. The number of esters is 1. The fourth-order valence-corrected chi connectivity index (χ4v) is 1.09. The number of hydrogen-bond donors (Lipinski definition) is 1. The van der Waals surface area contributed by atoms with Crippen molar-refractivity contribution >= 4 is 17.7 Å². The van der Waals surface area contributed by atoms with Crippen molar-refractivity contribution in [2.24, 2.45) is 0 Å². The van der Waals surface area contributed by atoms with Crippen LogP contribution >= 0.6 is 0 Å². The van der Waals surface area contributed by atoms with Crippen molar-refractivity contribution in [1.82, 2.24) is 0 Å². The number of Topliss-reactive ketones (excluding diaryl/α,β-unsaturated/α-hetero) is 1. The molecule has 0 aliphatic carbocycles. The second-order valence-electron chi connectivity index (χ2n) is 3.77. The average Bonchev–Trinajstić information content (AvgIpc) is 2.23. The maximum absolute atomic E-state index is 11.1. The molecule has 0 aromatic heterocycles. The first-order chi connectivity index (χ1) is 7.93. The van der Waals surface area contributed by atoms with Gasteiger partial charge in [-0.15, -0.1) is 0 Å². The zero-order chi connectivity index (χ0) is 13.3. The Morgan fingerprint density at radius 3 is 2.24 bits per heavy atom. The zero-order valence-electron chi connectivity index (χ0n) is 10.0. The number of ether oxygens (including phenoxy) is 1. The predicted octanol–water partition coefficient (Wildman–Crippen LogP) is 1.71. The molecule has 0 bridgehead atoms. The summed E-state index contributed by atoms with van der Waals surface area (Å²) in [6.07, 6.45) is 1.33. The molecule has 0 aliphatic rings. The van der Waals surface area contributed by atoms with Crippen molar-refractivity contribution in [3.05, 3.63) is 12.2 Å². The van der Waals surface area contributed by atoms with E-state index in [1.807, 2.05) is 0 Å². The Kier molecular flexibility index (Phi) is 7.67. The molecule has 0 radical (unpaired) electrons. The molecule has 5 heteroatoms. The number of carboxylic acids is 1. The lowest BCUT2D eigenvalue weighted by atomic mass is 10.2. The van der Waals surface area contributed by atoms with Gasteiger partial charge in [0, 0.05) is 19.3 Å². The van der Waals surface area contributed by atoms with Crippen LogP contribution in [0.25, 0.3) is 0 Å². The Labute approximate surface area is 100 Å². The van der Waals surface area contributed by atoms with E-state index in [0.717, 1.165) is 0 Å². The summed E-state index contributed by atoms with van der Waals surface area (Å²) in [5.74, 6) is -1.39. The maximum Gasteiger partial charge on any atom is 0.305 e. The minimum absolute atomic E-state index is 0.0570. The largest absolute Gasteiger partial charge is 0.481 e. The van der Waals surface area contributed by atoms with E-state index in [1.165, 1.54) is 0 Å². The Balaban J connectivity index is 3.50. The van der Waals surface area contributed by atoms with E-state index in [0.29, 0.717) is 18.4 Å². The summed E-state index contributed by atoms with van der Waals surface area (Å²) in [6.45, 7) is 5.15. The van der Waals surface area contributed by atoms with E-state index in [2.05, 4.69) is 6.58 Å². The third-order valence-electron chi connectivity index (χ3n) is 2.09. The third kappa shape index (κ3) is 9.29. The van der Waals surface area contributed by atoms with Crippen LogP contribution in [0.5, 0.6) is 0 Å². The number of carbonyl (C=O) groups is 3. The Bertz CT molecular complexity index is 306. The van der Waals surface area contributed by atoms with E-state index in [1.54, 1.807) is 6.92 Å². The summed E-state index contributed by atoms with van der Waals surface area (Å²) >= 11 is 0. The van der Waals surface area contributed by atoms with Gasteiger partial charge in [0.25, 0.3) is 0 Å². The van der Waals surface area contributed by atoms with Crippen LogP contribution in [0, 0.1) is 0 Å². The van der Waals surface area contributed by atoms with E-state index in [-0.39, 0.29) is 31.7 Å². The van der Waals surface area contributed by atoms with Crippen LogP contribution in [-0.4, -0.2) is 29.4 Å². The highest BCUT2D eigenvalue weighted by Crippen LogP contribution is 2.02. The Hall–Kier alpha value is -1.65. The van der Waals surface area contributed by atoms with Crippen LogP contribution in [0.4, 0.5) is 0 Å². The monoisotopic (exact) mass is 242 g/mol. The molecule has 0 spiro atoms. The van der Waals surface area contributed by atoms with E-state index < -0.39 is 11.9 Å². The number of rotatable bonds is 9. The van der Waals surface area contributed by atoms with Crippen LogP contribution in [0.1, 0.15) is 39.0 Å². The molecular formula is C12H18O5. The minimum Gasteiger partial charge on any atom is -0.481 e. The highest BCUT2D eigenvalue weighted by molar-refractivity contribution is 5.94. The van der Waals surface area contributed by atoms with Crippen molar-refractivity contribution in [1.29, 1.82) is 0 Å². The Morgan fingerprint density at radius 1 is 1.12 bits per heavy atom. The summed E-state index contributed by atoms with van der Waals surface area (Å²) < 4.78 is 4.82. The maximum atomic E-state index is 11.1. The molecule has 0 fully saturated rings. The molecule has 0 saturated heterocycles. The van der Waals surface area contributed by atoms with Crippen LogP contribution in [0.15, 0.2) is 12.2 Å². The van der Waals surface area contributed by atoms with Gasteiger partial charge < -0.3 is 9.84 Å². The first kappa shape index (κ1) is 15.3. The predicted molar refractivity (Wildman–Crippen MR) is 61.5 cm³/mol. The summed E-state index contributed by atoms with van der Waals surface area (Å²) in [4.78, 5) is 32.4. The van der Waals surface area contributed by atoms with Crippen molar-refractivity contribution in [3.8, 4) is 0 Å². The molecule has 0 rings (SSSR count). The lowest BCUT2D eigenvalue weighted by Gasteiger charge is -2.03. The van der Waals surface area contributed by atoms with E-state index in [9.17, 15) is 14.4 Å². The zero-order valence-corrected chi connectivity index (χ0v) is 10.0. The summed E-state index contributed by atoms with van der Waals surface area (Å²) in [5.41, 5.74) is 0.447. The highest BCUT2D eigenvalue weighted by atomic mass is 16.5. The average molecular weight is 242 g/mol. The van der Waals surface area contributed by atoms with Crippen LogP contribution < -0.4 is 0 Å². The number of carboxylic acid groups (broad SMARTS) is 1. The molecule has 17 heavy (non-hydrogen) atoms. The Morgan fingerprint density at radius 2 is 1.71 bits per heavy atom. The molecule has 0 aromatic carbocycles. The number of hydrogen-bond acceptors (Lipinski definition) is 4. The topological polar surface area (TPSA) is 80.7 Å². The third-order valence-corrected chi connectivity index (χ3v) is 2.09. The molecule has 96 valence electrons. The summed E-state index contributed by atoms with van der Waals surface area (Å²) in [5, 5.41) is 8.37. The number of carbonyl (C=O) groups excluding carboxylic acids is 2. The van der Waals surface area contributed by atoms with Gasteiger partial charge in [0.05, 0.1) is 6.61 Å². The molecule has 0 heterocycles. The lowest BCUT2D eigenvalue weighted by Crippen LogP contribution is -2.10. The van der Waals surface area contributed by atoms with E-state index >= 15 is 0 Å². The molecule has 5 nitrogen and oxygen atoms in total. The van der Waals surface area contributed by atoms with Gasteiger partial charge in [-0.25, -0.2) is 0 Å². The van der Waals surface area contributed by atoms with Gasteiger partial charge in [0.15, 0.2) is 5.78 Å². The van der Waals surface area contributed by atoms with E-state index in [4.69, 9.17) is 9.84 Å². The molecule has 0 unspecified atom stereocenters. The van der Waals surface area contributed by atoms with Gasteiger partial charge in [-0.05, 0) is 25.3 Å². The normalized spacial score (nSPS) is 9.71. The first-order valence-electron chi connectivity index (χ1n) is 5.49. The standard InChI is InChI=1S/C12H18O5/c1-9(2)10(13)7-8-17-12(16)6-4-3-5-11(14)15/h1,3-8H2,2H3,(H,14,15). The van der Waals surface area contributed by atoms with Crippen molar-refractivity contribution < 1.29 is 24.2 Å². The second kappa shape index (κ2) is 8.50. The van der Waals surface area contributed by atoms with Gasteiger partial charge >= 0.3 is 11.9 Å². The summed E-state index contributed by atoms with van der Waals surface area (Å²) in [7, 11) is 0. The van der Waals surface area contributed by atoms with Crippen LogP contribution in [-0.2, 0) is 19.1 Å². The molecule has 0 atom stereocenters. The van der Waals surface area contributed by atoms with Gasteiger partial charge in [-0.1, -0.05) is 6.58 Å². The first-order valence-corrected chi connectivity index (χ1v) is 5.49. The lowest BCUT2D eigenvalue weighted by molar-refractivity contribution is -0.144. The van der Waals surface area contributed by atoms with Gasteiger partial charge in [0.2, 0.25) is 0 Å². The molecule has 0 aromatic rings.